The van der Waals surface area contributed by atoms with Crippen molar-refractivity contribution in [2.45, 2.75) is 6.16 Å². The van der Waals surface area contributed by atoms with Crippen LogP contribution in [0.2, 0.25) is 0 Å². The zero-order valence-electron chi connectivity index (χ0n) is 6.77. The molecule has 0 spiro atoms. The van der Waals surface area contributed by atoms with Gasteiger partial charge < -0.3 is 0 Å². The summed E-state index contributed by atoms with van der Waals surface area (Å²) >= 11 is 0. The quantitative estimate of drug-likeness (QED) is 0.410. The van der Waals surface area contributed by atoms with Gasteiger partial charge >= 0.3 is 8.03 Å². The topological polar surface area (TPSA) is 35.5 Å². The summed E-state index contributed by atoms with van der Waals surface area (Å²) in [6.07, 6.45) is 0.393. The molecule has 0 aliphatic heterocycles. The van der Waals surface area contributed by atoms with Crippen LogP contribution < -0.4 is 0 Å². The van der Waals surface area contributed by atoms with E-state index in [-0.39, 0.29) is 0 Å². The van der Waals surface area contributed by atoms with E-state index in [2.05, 4.69) is 9.56 Å². The molecular formula is C8H10O3P+. The minimum Gasteiger partial charge on any atom is -0.193 e. The van der Waals surface area contributed by atoms with E-state index in [4.69, 9.17) is 0 Å². The fourth-order valence-corrected chi connectivity index (χ4v) is 1.57. The highest BCUT2D eigenvalue weighted by atomic mass is 31.1. The van der Waals surface area contributed by atoms with Crippen LogP contribution in [0, 0.1) is 0 Å². The molecule has 0 radical (unpaired) electrons. The van der Waals surface area contributed by atoms with Gasteiger partial charge in [-0.15, -0.1) is 0 Å². The molecule has 0 aliphatic carbocycles. The summed E-state index contributed by atoms with van der Waals surface area (Å²) in [5, 5.41) is 0. The lowest BCUT2D eigenvalue weighted by Crippen LogP contribution is -1.82. The Hall–Kier alpha value is -0.760. The van der Waals surface area contributed by atoms with Crippen molar-refractivity contribution in [3.05, 3.63) is 35.9 Å². The molecule has 1 unspecified atom stereocenters. The standard InChI is InChI=1S/C8H10O3P/c1-10-11-12(9)7-8-5-3-2-4-6-8/h2-6H,7H2,1H3/q+1. The fraction of sp³-hybridized carbons (Fsp3) is 0.250. The lowest BCUT2D eigenvalue weighted by atomic mass is 10.2. The SMILES string of the molecule is COO[P+](=O)Cc1ccccc1. The molecule has 0 bridgehead atoms. The second-order valence-corrected chi connectivity index (χ2v) is 3.35. The van der Waals surface area contributed by atoms with Crippen molar-refractivity contribution in [1.82, 2.24) is 0 Å². The van der Waals surface area contributed by atoms with Gasteiger partial charge in [0.15, 0.2) is 0 Å². The van der Waals surface area contributed by atoms with Gasteiger partial charge in [-0.05, 0) is 4.57 Å². The molecule has 0 aliphatic rings. The summed E-state index contributed by atoms with van der Waals surface area (Å²) < 4.78 is 15.5. The Bertz CT molecular complexity index is 248. The van der Waals surface area contributed by atoms with E-state index in [0.29, 0.717) is 6.16 Å². The second kappa shape index (κ2) is 4.99. The molecule has 0 fully saturated rings. The van der Waals surface area contributed by atoms with Gasteiger partial charge in [-0.3, -0.25) is 0 Å². The summed E-state index contributed by atoms with van der Waals surface area (Å²) in [6.45, 7) is 0. The third kappa shape index (κ3) is 3.09. The van der Waals surface area contributed by atoms with Crippen LogP contribution in [0.3, 0.4) is 0 Å². The van der Waals surface area contributed by atoms with Crippen LogP contribution in [-0.2, 0) is 20.3 Å². The van der Waals surface area contributed by atoms with E-state index < -0.39 is 8.03 Å². The maximum atomic E-state index is 11.0. The number of hydrogen-bond donors (Lipinski definition) is 0. The molecule has 0 saturated heterocycles. The highest BCUT2D eigenvalue weighted by molar-refractivity contribution is 7.38. The molecule has 3 nitrogen and oxygen atoms in total. The van der Waals surface area contributed by atoms with Gasteiger partial charge in [-0.25, -0.2) is 0 Å². The summed E-state index contributed by atoms with van der Waals surface area (Å²) in [6, 6.07) is 9.49. The van der Waals surface area contributed by atoms with E-state index in [0.717, 1.165) is 5.56 Å². The van der Waals surface area contributed by atoms with Gasteiger partial charge in [0.05, 0.1) is 7.11 Å². The first-order valence-corrected chi connectivity index (χ1v) is 4.88. The molecule has 1 atom stereocenters. The highest BCUT2D eigenvalue weighted by Crippen LogP contribution is 2.27. The number of benzene rings is 1. The summed E-state index contributed by atoms with van der Waals surface area (Å²) in [5.74, 6) is 0. The first-order chi connectivity index (χ1) is 5.83. The van der Waals surface area contributed by atoms with Crippen molar-refractivity contribution in [2.24, 2.45) is 0 Å². The van der Waals surface area contributed by atoms with Gasteiger partial charge in [0.25, 0.3) is 0 Å². The smallest absolute Gasteiger partial charge is 0.193 e. The first-order valence-electron chi connectivity index (χ1n) is 3.52. The van der Waals surface area contributed by atoms with Crippen molar-refractivity contribution in [1.29, 1.82) is 0 Å². The first kappa shape index (κ1) is 9.33. The van der Waals surface area contributed by atoms with Gasteiger partial charge in [-0.1, -0.05) is 30.3 Å². The molecule has 12 heavy (non-hydrogen) atoms. The minimum atomic E-state index is -1.73. The summed E-state index contributed by atoms with van der Waals surface area (Å²) in [7, 11) is -0.384. The Morgan fingerprint density at radius 2 is 2.00 bits per heavy atom. The summed E-state index contributed by atoms with van der Waals surface area (Å²) in [5.41, 5.74) is 0.982. The maximum Gasteiger partial charge on any atom is 0.544 e. The van der Waals surface area contributed by atoms with Crippen LogP contribution in [0.1, 0.15) is 5.56 Å². The predicted octanol–water partition coefficient (Wildman–Crippen LogP) is 2.51. The molecule has 0 saturated carbocycles. The molecule has 4 heteroatoms. The fourth-order valence-electron chi connectivity index (χ4n) is 0.842. The third-order valence-corrected chi connectivity index (χ3v) is 2.25. The van der Waals surface area contributed by atoms with E-state index in [1.165, 1.54) is 7.11 Å². The van der Waals surface area contributed by atoms with Gasteiger partial charge in [0, 0.05) is 10.2 Å². The lowest BCUT2D eigenvalue weighted by Gasteiger charge is -1.88. The van der Waals surface area contributed by atoms with Crippen molar-refractivity contribution in [3.8, 4) is 0 Å². The Labute approximate surface area is 72.1 Å². The highest BCUT2D eigenvalue weighted by Gasteiger charge is 2.18. The van der Waals surface area contributed by atoms with Gasteiger partial charge in [-0.2, -0.15) is 4.89 Å². The molecule has 64 valence electrons. The largest absolute Gasteiger partial charge is 0.544 e. The van der Waals surface area contributed by atoms with E-state index in [9.17, 15) is 4.57 Å². The zero-order chi connectivity index (χ0) is 8.81. The van der Waals surface area contributed by atoms with E-state index in [1.807, 2.05) is 30.3 Å². The molecule has 1 aromatic rings. The van der Waals surface area contributed by atoms with Crippen LogP contribution in [0.15, 0.2) is 30.3 Å². The summed E-state index contributed by atoms with van der Waals surface area (Å²) in [4.78, 5) is 4.29. The van der Waals surface area contributed by atoms with E-state index in [1.54, 1.807) is 0 Å². The Morgan fingerprint density at radius 3 is 2.58 bits per heavy atom. The van der Waals surface area contributed by atoms with Gasteiger partial charge in [0.2, 0.25) is 6.16 Å². The second-order valence-electron chi connectivity index (χ2n) is 2.22. The maximum absolute atomic E-state index is 11.0. The molecule has 1 rings (SSSR count). The van der Waals surface area contributed by atoms with Crippen LogP contribution >= 0.6 is 8.03 Å². The predicted molar refractivity (Wildman–Crippen MR) is 45.8 cm³/mol. The van der Waals surface area contributed by atoms with Crippen LogP contribution in [-0.4, -0.2) is 7.11 Å². The molecule has 0 N–H and O–H groups in total. The van der Waals surface area contributed by atoms with E-state index >= 15 is 0 Å². The van der Waals surface area contributed by atoms with Crippen molar-refractivity contribution >= 4 is 8.03 Å². The number of rotatable bonds is 4. The third-order valence-electron chi connectivity index (χ3n) is 1.31. The average Bonchev–Trinajstić information content (AvgIpc) is 2.06. The van der Waals surface area contributed by atoms with Crippen LogP contribution in [0.5, 0.6) is 0 Å². The average molecular weight is 185 g/mol. The van der Waals surface area contributed by atoms with Crippen molar-refractivity contribution in [2.75, 3.05) is 7.11 Å². The lowest BCUT2D eigenvalue weighted by molar-refractivity contribution is -0.172. The Kier molecular flexibility index (Phi) is 3.88. The number of hydrogen-bond acceptors (Lipinski definition) is 3. The molecule has 0 heterocycles. The Morgan fingerprint density at radius 1 is 1.33 bits per heavy atom. The molecular weight excluding hydrogens is 175 g/mol. The normalized spacial score (nSPS) is 11.2. The molecule has 0 aromatic heterocycles. The zero-order valence-corrected chi connectivity index (χ0v) is 7.66. The minimum absolute atomic E-state index is 0.393. The van der Waals surface area contributed by atoms with Crippen LogP contribution in [0.25, 0.3) is 0 Å². The molecule has 1 aromatic carbocycles. The van der Waals surface area contributed by atoms with Crippen LogP contribution in [0.4, 0.5) is 0 Å². The van der Waals surface area contributed by atoms with Crippen molar-refractivity contribution in [3.63, 3.8) is 0 Å². The molecule has 0 amide bonds. The monoisotopic (exact) mass is 185 g/mol. The van der Waals surface area contributed by atoms with Gasteiger partial charge in [0.1, 0.15) is 0 Å². The Balaban J connectivity index is 2.47. The van der Waals surface area contributed by atoms with Crippen molar-refractivity contribution < 1.29 is 14.1 Å².